The Labute approximate surface area is 151 Å². The number of hydrogen-bond acceptors (Lipinski definition) is 4. The molecule has 0 aliphatic rings. The van der Waals surface area contributed by atoms with E-state index in [1.165, 1.54) is 65.5 Å². The van der Waals surface area contributed by atoms with E-state index in [0.29, 0.717) is 11.4 Å². The Bertz CT molecular complexity index is 973. The Morgan fingerprint density at radius 3 is 2.31 bits per heavy atom. The van der Waals surface area contributed by atoms with E-state index in [1.54, 1.807) is 0 Å². The molecule has 8 heteroatoms. The Balaban J connectivity index is 1.69. The Morgan fingerprint density at radius 2 is 1.65 bits per heavy atom. The molecule has 1 N–H and O–H groups in total. The first-order valence-electron chi connectivity index (χ1n) is 7.55. The minimum atomic E-state index is -0.404. The average Bonchev–Trinajstić information content (AvgIpc) is 2.64. The SMILES string of the molecule is O=C(CSc1nccn(-c2ccc(F)cc2)c1=O)Nc1ccc(F)cc1. The molecule has 1 amide bonds. The molecule has 0 unspecified atom stereocenters. The van der Waals surface area contributed by atoms with Crippen LogP contribution in [0.5, 0.6) is 0 Å². The molecule has 26 heavy (non-hydrogen) atoms. The van der Waals surface area contributed by atoms with Gasteiger partial charge in [-0.1, -0.05) is 11.8 Å². The van der Waals surface area contributed by atoms with Gasteiger partial charge in [0.2, 0.25) is 5.91 Å². The summed E-state index contributed by atoms with van der Waals surface area (Å²) >= 11 is 0.985. The summed E-state index contributed by atoms with van der Waals surface area (Å²) in [5.74, 6) is -1.18. The van der Waals surface area contributed by atoms with Crippen molar-refractivity contribution in [3.63, 3.8) is 0 Å². The first-order chi connectivity index (χ1) is 12.5. The van der Waals surface area contributed by atoms with Crippen molar-refractivity contribution < 1.29 is 13.6 Å². The zero-order valence-electron chi connectivity index (χ0n) is 13.4. The van der Waals surface area contributed by atoms with Crippen LogP contribution in [-0.4, -0.2) is 21.2 Å². The second-order valence-electron chi connectivity index (χ2n) is 5.23. The lowest BCUT2D eigenvalue weighted by molar-refractivity contribution is -0.113. The summed E-state index contributed by atoms with van der Waals surface area (Å²) in [7, 11) is 0. The number of benzene rings is 2. The molecular weight excluding hydrogens is 360 g/mol. The number of nitrogens with one attached hydrogen (secondary N) is 1. The zero-order valence-corrected chi connectivity index (χ0v) is 14.2. The molecule has 0 aliphatic carbocycles. The summed E-state index contributed by atoms with van der Waals surface area (Å²) in [4.78, 5) is 28.4. The van der Waals surface area contributed by atoms with Crippen molar-refractivity contribution in [2.45, 2.75) is 5.03 Å². The Kier molecular flexibility index (Phi) is 5.43. The van der Waals surface area contributed by atoms with Crippen molar-refractivity contribution in [2.75, 3.05) is 11.1 Å². The van der Waals surface area contributed by atoms with Crippen molar-refractivity contribution in [1.29, 1.82) is 0 Å². The van der Waals surface area contributed by atoms with Gasteiger partial charge in [0, 0.05) is 23.8 Å². The van der Waals surface area contributed by atoms with Crippen LogP contribution in [0.4, 0.5) is 14.5 Å². The Morgan fingerprint density at radius 1 is 1.04 bits per heavy atom. The quantitative estimate of drug-likeness (QED) is 0.698. The summed E-state index contributed by atoms with van der Waals surface area (Å²) < 4.78 is 27.2. The molecule has 1 aromatic heterocycles. The summed E-state index contributed by atoms with van der Waals surface area (Å²) in [5.41, 5.74) is 0.553. The van der Waals surface area contributed by atoms with Gasteiger partial charge in [-0.15, -0.1) is 0 Å². The van der Waals surface area contributed by atoms with Crippen LogP contribution >= 0.6 is 11.8 Å². The number of thioether (sulfide) groups is 1. The second-order valence-corrected chi connectivity index (χ2v) is 6.19. The maximum Gasteiger partial charge on any atom is 0.287 e. The molecule has 2 aromatic carbocycles. The summed E-state index contributed by atoms with van der Waals surface area (Å²) in [6.45, 7) is 0. The van der Waals surface area contributed by atoms with Gasteiger partial charge >= 0.3 is 0 Å². The van der Waals surface area contributed by atoms with Gasteiger partial charge in [-0.25, -0.2) is 13.8 Å². The number of nitrogens with zero attached hydrogens (tertiary/aromatic N) is 2. The highest BCUT2D eigenvalue weighted by molar-refractivity contribution is 7.99. The van der Waals surface area contributed by atoms with Crippen LogP contribution in [0.25, 0.3) is 5.69 Å². The predicted octanol–water partition coefficient (Wildman–Crippen LogP) is 3.24. The highest BCUT2D eigenvalue weighted by atomic mass is 32.2. The van der Waals surface area contributed by atoms with Crippen LogP contribution in [0.1, 0.15) is 0 Å². The van der Waals surface area contributed by atoms with E-state index in [1.807, 2.05) is 0 Å². The molecule has 0 saturated carbocycles. The van der Waals surface area contributed by atoms with Crippen LogP contribution in [0.2, 0.25) is 0 Å². The highest BCUT2D eigenvalue weighted by Gasteiger charge is 2.10. The topological polar surface area (TPSA) is 64.0 Å². The van der Waals surface area contributed by atoms with E-state index in [0.717, 1.165) is 11.8 Å². The minimum absolute atomic E-state index is 0.0347. The third-order valence-corrected chi connectivity index (χ3v) is 4.34. The van der Waals surface area contributed by atoms with Crippen LogP contribution in [0.15, 0.2) is 70.7 Å². The van der Waals surface area contributed by atoms with Crippen molar-refractivity contribution in [2.24, 2.45) is 0 Å². The molecule has 1 heterocycles. The molecule has 0 aliphatic heterocycles. The number of carbonyl (C=O) groups is 1. The van der Waals surface area contributed by atoms with Gasteiger partial charge in [0.25, 0.3) is 5.56 Å². The number of aromatic nitrogens is 2. The normalized spacial score (nSPS) is 10.5. The van der Waals surface area contributed by atoms with E-state index in [4.69, 9.17) is 0 Å². The molecule has 0 atom stereocenters. The lowest BCUT2D eigenvalue weighted by Gasteiger charge is -2.08. The molecule has 0 saturated heterocycles. The maximum atomic E-state index is 13.0. The lowest BCUT2D eigenvalue weighted by atomic mass is 10.3. The fourth-order valence-electron chi connectivity index (χ4n) is 2.16. The van der Waals surface area contributed by atoms with Gasteiger partial charge in [0.1, 0.15) is 11.6 Å². The second kappa shape index (κ2) is 7.92. The summed E-state index contributed by atoms with van der Waals surface area (Å²) in [6, 6.07) is 10.8. The molecule has 132 valence electrons. The number of anilines is 1. The molecule has 0 radical (unpaired) electrons. The van der Waals surface area contributed by atoms with Gasteiger partial charge < -0.3 is 5.32 Å². The predicted molar refractivity (Wildman–Crippen MR) is 95.5 cm³/mol. The largest absolute Gasteiger partial charge is 0.325 e. The molecule has 5 nitrogen and oxygen atoms in total. The van der Waals surface area contributed by atoms with E-state index in [-0.39, 0.29) is 16.7 Å². The fourth-order valence-corrected chi connectivity index (χ4v) is 2.86. The smallest absolute Gasteiger partial charge is 0.287 e. The molecule has 0 bridgehead atoms. The van der Waals surface area contributed by atoms with Gasteiger partial charge in [-0.05, 0) is 48.5 Å². The van der Waals surface area contributed by atoms with Gasteiger partial charge in [-0.2, -0.15) is 0 Å². The first-order valence-corrected chi connectivity index (χ1v) is 8.53. The Hall–Kier alpha value is -3.00. The molecule has 0 fully saturated rings. The summed E-state index contributed by atoms with van der Waals surface area (Å²) in [5, 5.41) is 2.75. The van der Waals surface area contributed by atoms with Gasteiger partial charge in [-0.3, -0.25) is 14.2 Å². The lowest BCUT2D eigenvalue weighted by Crippen LogP contribution is -2.22. The number of hydrogen-bond donors (Lipinski definition) is 1. The highest BCUT2D eigenvalue weighted by Crippen LogP contribution is 2.14. The third kappa shape index (κ3) is 4.34. The van der Waals surface area contributed by atoms with E-state index < -0.39 is 17.2 Å². The van der Waals surface area contributed by atoms with Crippen LogP contribution < -0.4 is 10.9 Å². The van der Waals surface area contributed by atoms with E-state index in [9.17, 15) is 18.4 Å². The maximum absolute atomic E-state index is 13.0. The van der Waals surface area contributed by atoms with Crippen LogP contribution in [-0.2, 0) is 4.79 Å². The standard InChI is InChI=1S/C18H13F2N3O2S/c19-12-1-5-14(6-2-12)22-16(24)11-26-17-18(25)23(10-9-21-17)15-7-3-13(20)4-8-15/h1-10H,11H2,(H,22,24). The first kappa shape index (κ1) is 17.8. The van der Waals surface area contributed by atoms with E-state index in [2.05, 4.69) is 10.3 Å². The van der Waals surface area contributed by atoms with Crippen LogP contribution in [0.3, 0.4) is 0 Å². The van der Waals surface area contributed by atoms with Crippen LogP contribution in [0, 0.1) is 11.6 Å². The van der Waals surface area contributed by atoms with E-state index >= 15 is 0 Å². The monoisotopic (exact) mass is 373 g/mol. The average molecular weight is 373 g/mol. The van der Waals surface area contributed by atoms with Crippen molar-refractivity contribution in [3.05, 3.63) is 82.9 Å². The molecule has 3 rings (SSSR count). The molecule has 0 spiro atoms. The fraction of sp³-hybridized carbons (Fsp3) is 0.0556. The van der Waals surface area contributed by atoms with Crippen molar-refractivity contribution in [1.82, 2.24) is 9.55 Å². The summed E-state index contributed by atoms with van der Waals surface area (Å²) in [6.07, 6.45) is 2.91. The van der Waals surface area contributed by atoms with Gasteiger partial charge in [0.15, 0.2) is 5.03 Å². The number of carbonyl (C=O) groups excluding carboxylic acids is 1. The number of rotatable bonds is 5. The zero-order chi connectivity index (χ0) is 18.5. The minimum Gasteiger partial charge on any atom is -0.325 e. The molecular formula is C18H13F2N3O2S. The number of amides is 1. The van der Waals surface area contributed by atoms with Crippen molar-refractivity contribution in [3.8, 4) is 5.69 Å². The van der Waals surface area contributed by atoms with Crippen molar-refractivity contribution >= 4 is 23.4 Å². The third-order valence-electron chi connectivity index (χ3n) is 3.38. The number of halogens is 2. The molecule has 3 aromatic rings. The van der Waals surface area contributed by atoms with Gasteiger partial charge in [0.05, 0.1) is 5.75 Å².